The summed E-state index contributed by atoms with van der Waals surface area (Å²) < 4.78 is 0. The Balaban J connectivity index is 2.30. The van der Waals surface area contributed by atoms with E-state index in [1.807, 2.05) is 36.4 Å². The maximum Gasteiger partial charge on any atom is 0.160 e. The maximum atomic E-state index is 11.4. The minimum absolute atomic E-state index is 0.0669. The Morgan fingerprint density at radius 2 is 2.00 bits per heavy atom. The van der Waals surface area contributed by atoms with Crippen LogP contribution in [0.5, 0.6) is 0 Å². The quantitative estimate of drug-likeness (QED) is 0.681. The number of ketones is 1. The van der Waals surface area contributed by atoms with Gasteiger partial charge in [-0.1, -0.05) is 30.3 Å². The largest absolute Gasteiger partial charge is 0.324 e. The molecular formula is C12H13NO. The molecule has 0 bridgehead atoms. The first-order valence-corrected chi connectivity index (χ1v) is 4.83. The van der Waals surface area contributed by atoms with E-state index in [1.165, 1.54) is 0 Å². The van der Waals surface area contributed by atoms with E-state index in [0.717, 1.165) is 17.6 Å². The van der Waals surface area contributed by atoms with E-state index in [1.54, 1.807) is 0 Å². The lowest BCUT2D eigenvalue weighted by Crippen LogP contribution is -2.18. The molecule has 0 heterocycles. The van der Waals surface area contributed by atoms with Gasteiger partial charge in [-0.3, -0.25) is 4.79 Å². The van der Waals surface area contributed by atoms with Gasteiger partial charge in [0.2, 0.25) is 0 Å². The average Bonchev–Trinajstić information content (AvgIpc) is 2.51. The monoisotopic (exact) mass is 187 g/mol. The molecular weight excluding hydrogens is 174 g/mol. The number of rotatable bonds is 1. The third-order valence-electron chi connectivity index (χ3n) is 2.53. The van der Waals surface area contributed by atoms with Gasteiger partial charge in [0.25, 0.3) is 0 Å². The van der Waals surface area contributed by atoms with Crippen molar-refractivity contribution < 1.29 is 4.79 Å². The Bertz CT molecular complexity index is 367. The SMILES string of the molecule is NC1CCC(=O)C1=Cc1ccccc1. The standard InChI is InChI=1S/C12H13NO/c13-11-6-7-12(14)10(11)8-9-4-2-1-3-5-9/h1-5,8,11H,6-7,13H2. The highest BCUT2D eigenvalue weighted by Gasteiger charge is 2.24. The molecule has 1 saturated carbocycles. The summed E-state index contributed by atoms with van der Waals surface area (Å²) >= 11 is 0. The second kappa shape index (κ2) is 3.76. The summed E-state index contributed by atoms with van der Waals surface area (Å²) in [6, 6.07) is 9.76. The van der Waals surface area contributed by atoms with E-state index >= 15 is 0 Å². The summed E-state index contributed by atoms with van der Waals surface area (Å²) in [6.07, 6.45) is 3.29. The molecule has 2 nitrogen and oxygen atoms in total. The lowest BCUT2D eigenvalue weighted by Gasteiger charge is -2.02. The van der Waals surface area contributed by atoms with E-state index in [0.29, 0.717) is 6.42 Å². The number of nitrogens with two attached hydrogens (primary N) is 1. The van der Waals surface area contributed by atoms with Crippen molar-refractivity contribution in [2.75, 3.05) is 0 Å². The Morgan fingerprint density at radius 1 is 1.29 bits per heavy atom. The molecule has 1 aliphatic carbocycles. The lowest BCUT2D eigenvalue weighted by atomic mass is 10.1. The third-order valence-corrected chi connectivity index (χ3v) is 2.53. The predicted molar refractivity (Wildman–Crippen MR) is 56.6 cm³/mol. The van der Waals surface area contributed by atoms with Crippen LogP contribution < -0.4 is 5.73 Å². The van der Waals surface area contributed by atoms with Crippen molar-refractivity contribution in [1.29, 1.82) is 0 Å². The maximum absolute atomic E-state index is 11.4. The van der Waals surface area contributed by atoms with Crippen molar-refractivity contribution in [1.82, 2.24) is 0 Å². The van der Waals surface area contributed by atoms with Crippen molar-refractivity contribution in [2.24, 2.45) is 5.73 Å². The highest BCUT2D eigenvalue weighted by molar-refractivity contribution is 6.02. The van der Waals surface area contributed by atoms with Gasteiger partial charge in [0.05, 0.1) is 0 Å². The molecule has 0 aliphatic heterocycles. The summed E-state index contributed by atoms with van der Waals surface area (Å²) in [4.78, 5) is 11.4. The van der Waals surface area contributed by atoms with Gasteiger partial charge in [-0.05, 0) is 18.1 Å². The van der Waals surface area contributed by atoms with Gasteiger partial charge in [-0.15, -0.1) is 0 Å². The molecule has 0 saturated heterocycles. The Labute approximate surface area is 83.4 Å². The summed E-state index contributed by atoms with van der Waals surface area (Å²) in [5.74, 6) is 0.196. The smallest absolute Gasteiger partial charge is 0.160 e. The lowest BCUT2D eigenvalue weighted by molar-refractivity contribution is -0.114. The van der Waals surface area contributed by atoms with Gasteiger partial charge in [-0.2, -0.15) is 0 Å². The minimum atomic E-state index is -0.0669. The van der Waals surface area contributed by atoms with Crippen LogP contribution in [0.3, 0.4) is 0 Å². The van der Waals surface area contributed by atoms with Crippen LogP contribution in [0.1, 0.15) is 18.4 Å². The second-order valence-corrected chi connectivity index (χ2v) is 3.58. The fourth-order valence-corrected chi connectivity index (χ4v) is 1.71. The molecule has 14 heavy (non-hydrogen) atoms. The van der Waals surface area contributed by atoms with Crippen molar-refractivity contribution in [2.45, 2.75) is 18.9 Å². The van der Waals surface area contributed by atoms with Crippen LogP contribution in [0.4, 0.5) is 0 Å². The molecule has 2 N–H and O–H groups in total. The number of carbonyl (C=O) groups excluding carboxylic acids is 1. The van der Waals surface area contributed by atoms with Crippen molar-refractivity contribution in [3.63, 3.8) is 0 Å². The minimum Gasteiger partial charge on any atom is -0.324 e. The molecule has 0 spiro atoms. The fraction of sp³-hybridized carbons (Fsp3) is 0.250. The van der Waals surface area contributed by atoms with Crippen LogP contribution in [0.25, 0.3) is 6.08 Å². The molecule has 2 rings (SSSR count). The summed E-state index contributed by atoms with van der Waals surface area (Å²) in [5, 5.41) is 0. The molecule has 1 atom stereocenters. The molecule has 1 aliphatic rings. The topological polar surface area (TPSA) is 43.1 Å². The first-order chi connectivity index (χ1) is 6.77. The molecule has 1 aromatic carbocycles. The summed E-state index contributed by atoms with van der Waals surface area (Å²) in [5.41, 5.74) is 7.65. The van der Waals surface area contributed by atoms with Crippen LogP contribution in [0.2, 0.25) is 0 Å². The number of carbonyl (C=O) groups is 1. The van der Waals surface area contributed by atoms with E-state index in [-0.39, 0.29) is 11.8 Å². The highest BCUT2D eigenvalue weighted by Crippen LogP contribution is 2.21. The Kier molecular flexibility index (Phi) is 2.46. The van der Waals surface area contributed by atoms with Crippen molar-refractivity contribution >= 4 is 11.9 Å². The third kappa shape index (κ3) is 1.75. The van der Waals surface area contributed by atoms with Gasteiger partial charge in [0.1, 0.15) is 0 Å². The van der Waals surface area contributed by atoms with Gasteiger partial charge < -0.3 is 5.73 Å². The highest BCUT2D eigenvalue weighted by atomic mass is 16.1. The number of hydrogen-bond acceptors (Lipinski definition) is 2. The Morgan fingerprint density at radius 3 is 2.57 bits per heavy atom. The Hall–Kier alpha value is -1.41. The van der Waals surface area contributed by atoms with Crippen LogP contribution in [-0.2, 0) is 4.79 Å². The fourth-order valence-electron chi connectivity index (χ4n) is 1.71. The zero-order chi connectivity index (χ0) is 9.97. The van der Waals surface area contributed by atoms with Crippen LogP contribution in [0.15, 0.2) is 35.9 Å². The van der Waals surface area contributed by atoms with Gasteiger partial charge in [-0.25, -0.2) is 0 Å². The van der Waals surface area contributed by atoms with E-state index in [2.05, 4.69) is 0 Å². The molecule has 0 amide bonds. The molecule has 0 aromatic heterocycles. The van der Waals surface area contributed by atoms with Crippen molar-refractivity contribution in [3.8, 4) is 0 Å². The zero-order valence-electron chi connectivity index (χ0n) is 7.94. The summed E-state index contributed by atoms with van der Waals surface area (Å²) in [7, 11) is 0. The molecule has 2 heteroatoms. The molecule has 72 valence electrons. The van der Waals surface area contributed by atoms with Crippen molar-refractivity contribution in [3.05, 3.63) is 41.5 Å². The van der Waals surface area contributed by atoms with Crippen LogP contribution in [0, 0.1) is 0 Å². The molecule has 1 fully saturated rings. The van der Waals surface area contributed by atoms with Gasteiger partial charge >= 0.3 is 0 Å². The normalized spacial score (nSPS) is 24.5. The van der Waals surface area contributed by atoms with E-state index in [4.69, 9.17) is 5.73 Å². The number of Topliss-reactive ketones (excluding diaryl/α,β-unsaturated/α-hetero) is 1. The van der Waals surface area contributed by atoms with E-state index < -0.39 is 0 Å². The van der Waals surface area contributed by atoms with Crippen LogP contribution >= 0.6 is 0 Å². The van der Waals surface area contributed by atoms with Gasteiger partial charge in [0.15, 0.2) is 5.78 Å². The van der Waals surface area contributed by atoms with Crippen LogP contribution in [-0.4, -0.2) is 11.8 Å². The number of hydrogen-bond donors (Lipinski definition) is 1. The number of benzene rings is 1. The van der Waals surface area contributed by atoms with Gasteiger partial charge in [0, 0.05) is 18.0 Å². The zero-order valence-corrected chi connectivity index (χ0v) is 7.94. The van der Waals surface area contributed by atoms with E-state index in [9.17, 15) is 4.79 Å². The molecule has 1 aromatic rings. The second-order valence-electron chi connectivity index (χ2n) is 3.58. The first kappa shape index (κ1) is 9.16. The average molecular weight is 187 g/mol. The molecule has 1 unspecified atom stereocenters. The molecule has 0 radical (unpaired) electrons. The predicted octanol–water partition coefficient (Wildman–Crippen LogP) is 1.76. The summed E-state index contributed by atoms with van der Waals surface area (Å²) in [6.45, 7) is 0. The first-order valence-electron chi connectivity index (χ1n) is 4.83.